The average Bonchev–Trinajstić information content (AvgIpc) is 2.78. The molecule has 1 saturated heterocycles. The van der Waals surface area contributed by atoms with Crippen molar-refractivity contribution < 1.29 is 13.7 Å². The lowest BCUT2D eigenvalue weighted by atomic mass is 9.95. The summed E-state index contributed by atoms with van der Waals surface area (Å²) in [6, 6.07) is 9.62. The zero-order chi connectivity index (χ0) is 14.6. The van der Waals surface area contributed by atoms with Crippen LogP contribution in [0.25, 0.3) is 0 Å². The van der Waals surface area contributed by atoms with E-state index in [4.69, 9.17) is 8.92 Å². The van der Waals surface area contributed by atoms with E-state index in [-0.39, 0.29) is 12.7 Å². The Morgan fingerprint density at radius 1 is 1.50 bits per heavy atom. The van der Waals surface area contributed by atoms with Gasteiger partial charge in [-0.2, -0.15) is 0 Å². The first kappa shape index (κ1) is 14.9. The van der Waals surface area contributed by atoms with Crippen LogP contribution in [0.3, 0.4) is 0 Å². The predicted octanol–water partition coefficient (Wildman–Crippen LogP) is 3.94. The monoisotopic (exact) mass is 293 g/mol. The van der Waals surface area contributed by atoms with Gasteiger partial charge in [-0.1, -0.05) is 35.9 Å². The number of carbonyl (C=O) groups is 1. The summed E-state index contributed by atoms with van der Waals surface area (Å²) in [6.45, 7) is 8.57. The van der Waals surface area contributed by atoms with Crippen molar-refractivity contribution in [2.75, 3.05) is 6.61 Å². The van der Waals surface area contributed by atoms with Crippen LogP contribution in [0.1, 0.15) is 25.8 Å². The standard InChI is InChI=1S/C15H19NO3S/c1-12(2)9-15(3)11-19-20-16(15)14(17)18-10-13-7-5-4-6-8-13/h4-8H,1,9-11H2,2-3H3. The van der Waals surface area contributed by atoms with Gasteiger partial charge in [0.05, 0.1) is 12.1 Å². The second kappa shape index (κ2) is 6.33. The maximum absolute atomic E-state index is 12.2. The normalized spacial score (nSPS) is 21.8. The number of nitrogens with zero attached hydrogens (tertiary/aromatic N) is 1. The van der Waals surface area contributed by atoms with Crippen LogP contribution in [0.5, 0.6) is 0 Å². The quantitative estimate of drug-likeness (QED) is 0.479. The molecule has 1 aromatic carbocycles. The Balaban J connectivity index is 1.96. The highest BCUT2D eigenvalue weighted by Gasteiger charge is 2.43. The largest absolute Gasteiger partial charge is 0.444 e. The molecule has 1 heterocycles. The zero-order valence-electron chi connectivity index (χ0n) is 11.8. The van der Waals surface area contributed by atoms with Crippen molar-refractivity contribution in [1.29, 1.82) is 0 Å². The number of ether oxygens (including phenoxy) is 1. The topological polar surface area (TPSA) is 38.8 Å². The highest BCUT2D eigenvalue weighted by molar-refractivity contribution is 7.93. The molecule has 1 aliphatic heterocycles. The molecule has 1 aromatic rings. The molecule has 4 nitrogen and oxygen atoms in total. The van der Waals surface area contributed by atoms with Crippen LogP contribution >= 0.6 is 12.2 Å². The van der Waals surface area contributed by atoms with E-state index < -0.39 is 5.54 Å². The van der Waals surface area contributed by atoms with E-state index in [2.05, 4.69) is 6.58 Å². The molecule has 0 aliphatic carbocycles. The molecule has 0 saturated carbocycles. The van der Waals surface area contributed by atoms with E-state index in [1.807, 2.05) is 44.2 Å². The molecule has 0 aromatic heterocycles. The van der Waals surface area contributed by atoms with Crippen molar-refractivity contribution in [3.8, 4) is 0 Å². The lowest BCUT2D eigenvalue weighted by Gasteiger charge is -2.30. The maximum Gasteiger partial charge on any atom is 0.422 e. The molecule has 1 unspecified atom stereocenters. The zero-order valence-corrected chi connectivity index (χ0v) is 12.6. The molecule has 0 N–H and O–H groups in total. The number of rotatable bonds is 4. The molecular formula is C15H19NO3S. The molecule has 5 heteroatoms. The Morgan fingerprint density at radius 3 is 2.85 bits per heavy atom. The summed E-state index contributed by atoms with van der Waals surface area (Å²) in [5.41, 5.74) is 1.58. The first-order chi connectivity index (χ1) is 9.51. The summed E-state index contributed by atoms with van der Waals surface area (Å²) in [6.07, 6.45) is 0.320. The van der Waals surface area contributed by atoms with Gasteiger partial charge in [0, 0.05) is 0 Å². The minimum atomic E-state index is -0.399. The van der Waals surface area contributed by atoms with Crippen LogP contribution in [-0.2, 0) is 15.5 Å². The van der Waals surface area contributed by atoms with E-state index in [1.54, 1.807) is 4.31 Å². The summed E-state index contributed by atoms with van der Waals surface area (Å²) >= 11 is 1.05. The second-order valence-electron chi connectivity index (χ2n) is 5.30. The second-order valence-corrected chi connectivity index (χ2v) is 6.05. The van der Waals surface area contributed by atoms with Crippen LogP contribution in [0.4, 0.5) is 4.79 Å². The highest BCUT2D eigenvalue weighted by Crippen LogP contribution is 2.38. The van der Waals surface area contributed by atoms with Gasteiger partial charge in [0.25, 0.3) is 0 Å². The summed E-state index contributed by atoms with van der Waals surface area (Å²) in [7, 11) is 0. The molecule has 0 spiro atoms. The van der Waals surface area contributed by atoms with Gasteiger partial charge in [-0.05, 0) is 25.8 Å². The fourth-order valence-electron chi connectivity index (χ4n) is 2.16. The van der Waals surface area contributed by atoms with Crippen molar-refractivity contribution in [2.45, 2.75) is 32.4 Å². The van der Waals surface area contributed by atoms with Crippen LogP contribution < -0.4 is 0 Å². The van der Waals surface area contributed by atoms with Gasteiger partial charge in [-0.25, -0.2) is 9.10 Å². The fraction of sp³-hybridized carbons (Fsp3) is 0.400. The molecule has 0 radical (unpaired) electrons. The van der Waals surface area contributed by atoms with E-state index in [1.165, 1.54) is 0 Å². The molecule has 1 aliphatic rings. The summed E-state index contributed by atoms with van der Waals surface area (Å²) in [4.78, 5) is 12.2. The van der Waals surface area contributed by atoms with Gasteiger partial charge >= 0.3 is 6.09 Å². The van der Waals surface area contributed by atoms with E-state index in [9.17, 15) is 4.79 Å². The smallest absolute Gasteiger partial charge is 0.422 e. The highest BCUT2D eigenvalue weighted by atomic mass is 32.2. The van der Waals surface area contributed by atoms with E-state index in [0.717, 1.165) is 23.4 Å². The number of hydrogen-bond acceptors (Lipinski definition) is 4. The molecule has 1 fully saturated rings. The number of hydrogen-bond donors (Lipinski definition) is 0. The molecule has 108 valence electrons. The maximum atomic E-state index is 12.2. The van der Waals surface area contributed by atoms with Gasteiger partial charge in [0.2, 0.25) is 0 Å². The first-order valence-electron chi connectivity index (χ1n) is 6.46. The third-order valence-electron chi connectivity index (χ3n) is 3.04. The Morgan fingerprint density at radius 2 is 2.20 bits per heavy atom. The number of carbonyl (C=O) groups excluding carboxylic acids is 1. The first-order valence-corrected chi connectivity index (χ1v) is 7.16. The van der Waals surface area contributed by atoms with Crippen molar-refractivity contribution >= 4 is 18.3 Å². The number of amides is 1. The van der Waals surface area contributed by atoms with Crippen molar-refractivity contribution in [3.05, 3.63) is 48.0 Å². The van der Waals surface area contributed by atoms with Gasteiger partial charge in [-0.3, -0.25) is 4.18 Å². The lowest BCUT2D eigenvalue weighted by molar-refractivity contribution is 0.0967. The van der Waals surface area contributed by atoms with Crippen molar-refractivity contribution in [1.82, 2.24) is 4.31 Å². The Bertz CT molecular complexity index is 491. The molecule has 0 bridgehead atoms. The van der Waals surface area contributed by atoms with Gasteiger partial charge < -0.3 is 4.74 Å². The fourth-order valence-corrected chi connectivity index (χ4v) is 2.98. The minimum absolute atomic E-state index is 0.264. The van der Waals surface area contributed by atoms with Crippen LogP contribution in [0.2, 0.25) is 0 Å². The van der Waals surface area contributed by atoms with Crippen molar-refractivity contribution in [2.24, 2.45) is 0 Å². The van der Waals surface area contributed by atoms with E-state index in [0.29, 0.717) is 13.0 Å². The molecule has 2 rings (SSSR count). The molecule has 20 heavy (non-hydrogen) atoms. The van der Waals surface area contributed by atoms with Crippen LogP contribution in [-0.4, -0.2) is 22.5 Å². The van der Waals surface area contributed by atoms with E-state index >= 15 is 0 Å². The molecule has 1 atom stereocenters. The third kappa shape index (κ3) is 3.55. The van der Waals surface area contributed by atoms with Crippen LogP contribution in [0.15, 0.2) is 42.5 Å². The molecular weight excluding hydrogens is 274 g/mol. The average molecular weight is 293 g/mol. The molecule has 1 amide bonds. The predicted molar refractivity (Wildman–Crippen MR) is 79.8 cm³/mol. The van der Waals surface area contributed by atoms with Crippen LogP contribution in [0, 0.1) is 0 Å². The van der Waals surface area contributed by atoms with Gasteiger partial charge in [0.1, 0.15) is 18.8 Å². The van der Waals surface area contributed by atoms with Gasteiger partial charge in [0.15, 0.2) is 0 Å². The summed E-state index contributed by atoms with van der Waals surface area (Å²) < 4.78 is 12.3. The third-order valence-corrected chi connectivity index (χ3v) is 4.00. The Hall–Kier alpha value is -1.46. The minimum Gasteiger partial charge on any atom is -0.444 e. The summed E-state index contributed by atoms with van der Waals surface area (Å²) in [5, 5.41) is 0. The van der Waals surface area contributed by atoms with Crippen molar-refractivity contribution in [3.63, 3.8) is 0 Å². The Labute approximate surface area is 124 Å². The number of benzene rings is 1. The van der Waals surface area contributed by atoms with Gasteiger partial charge in [-0.15, -0.1) is 6.58 Å². The lowest BCUT2D eigenvalue weighted by Crippen LogP contribution is -2.44. The SMILES string of the molecule is C=C(C)CC1(C)COSN1C(=O)OCc1ccccc1. The Kier molecular flexibility index (Phi) is 4.73. The summed E-state index contributed by atoms with van der Waals surface area (Å²) in [5.74, 6) is 0.